The van der Waals surface area contributed by atoms with Gasteiger partial charge in [0.15, 0.2) is 0 Å². The second kappa shape index (κ2) is 2.74. The van der Waals surface area contributed by atoms with E-state index < -0.39 is 0 Å². The molecule has 1 aromatic rings. The lowest BCUT2D eigenvalue weighted by molar-refractivity contribution is 0.725. The van der Waals surface area contributed by atoms with Crippen LogP contribution in [0.3, 0.4) is 0 Å². The standard InChI is InChI=1S/C5H8N4S/c1-9-5(2-4(6)10)7-3-8-9/h3H,2H2,1H3,(H2,6,10). The van der Waals surface area contributed by atoms with Crippen LogP contribution in [0, 0.1) is 0 Å². The fourth-order valence-electron chi connectivity index (χ4n) is 0.636. The minimum Gasteiger partial charge on any atom is -0.393 e. The van der Waals surface area contributed by atoms with Crippen molar-refractivity contribution in [1.29, 1.82) is 0 Å². The molecule has 1 aromatic heterocycles. The minimum atomic E-state index is 0.441. The highest BCUT2D eigenvalue weighted by atomic mass is 32.1. The first-order chi connectivity index (χ1) is 4.70. The Morgan fingerprint density at radius 1 is 1.90 bits per heavy atom. The molecule has 54 valence electrons. The van der Waals surface area contributed by atoms with Crippen molar-refractivity contribution in [1.82, 2.24) is 14.8 Å². The highest BCUT2D eigenvalue weighted by molar-refractivity contribution is 7.80. The van der Waals surface area contributed by atoms with E-state index in [0.717, 1.165) is 5.82 Å². The molecule has 5 heteroatoms. The number of aromatic nitrogens is 3. The maximum atomic E-state index is 5.30. The molecule has 0 unspecified atom stereocenters. The van der Waals surface area contributed by atoms with Gasteiger partial charge in [-0.1, -0.05) is 12.2 Å². The van der Waals surface area contributed by atoms with Crippen LogP contribution < -0.4 is 5.73 Å². The topological polar surface area (TPSA) is 56.7 Å². The number of nitrogens with zero attached hydrogens (tertiary/aromatic N) is 3. The van der Waals surface area contributed by atoms with Crippen molar-refractivity contribution in [3.05, 3.63) is 12.2 Å². The lowest BCUT2D eigenvalue weighted by Crippen LogP contribution is -2.14. The van der Waals surface area contributed by atoms with Crippen LogP contribution >= 0.6 is 12.2 Å². The predicted octanol–water partition coefficient (Wildman–Crippen LogP) is -0.356. The van der Waals surface area contributed by atoms with E-state index in [1.54, 1.807) is 11.7 Å². The van der Waals surface area contributed by atoms with E-state index in [1.807, 2.05) is 0 Å². The van der Waals surface area contributed by atoms with Gasteiger partial charge < -0.3 is 5.73 Å². The molecule has 0 aliphatic rings. The van der Waals surface area contributed by atoms with Crippen molar-refractivity contribution in [2.24, 2.45) is 12.8 Å². The summed E-state index contributed by atoms with van der Waals surface area (Å²) in [6.45, 7) is 0. The lowest BCUT2D eigenvalue weighted by atomic mass is 10.4. The smallest absolute Gasteiger partial charge is 0.138 e. The van der Waals surface area contributed by atoms with Crippen molar-refractivity contribution in [3.8, 4) is 0 Å². The molecule has 0 fully saturated rings. The SMILES string of the molecule is Cn1ncnc1CC(N)=S. The van der Waals surface area contributed by atoms with E-state index >= 15 is 0 Å². The number of aryl methyl sites for hydroxylation is 1. The molecule has 0 aliphatic carbocycles. The Balaban J connectivity index is 2.74. The van der Waals surface area contributed by atoms with Gasteiger partial charge in [0.05, 0.1) is 11.4 Å². The second-order valence-corrected chi connectivity index (χ2v) is 2.47. The van der Waals surface area contributed by atoms with Crippen molar-refractivity contribution in [2.75, 3.05) is 0 Å². The van der Waals surface area contributed by atoms with Gasteiger partial charge in [-0.05, 0) is 0 Å². The van der Waals surface area contributed by atoms with Gasteiger partial charge in [-0.25, -0.2) is 4.98 Å². The molecular formula is C5H8N4S. The van der Waals surface area contributed by atoms with Crippen LogP contribution in [0.15, 0.2) is 6.33 Å². The molecule has 0 bridgehead atoms. The molecule has 2 N–H and O–H groups in total. The van der Waals surface area contributed by atoms with Gasteiger partial charge in [-0.15, -0.1) is 0 Å². The first-order valence-electron chi connectivity index (χ1n) is 2.81. The van der Waals surface area contributed by atoms with Gasteiger partial charge >= 0.3 is 0 Å². The average Bonchev–Trinajstić information content (AvgIpc) is 2.15. The van der Waals surface area contributed by atoms with E-state index in [1.165, 1.54) is 6.33 Å². The lowest BCUT2D eigenvalue weighted by Gasteiger charge is -1.95. The normalized spacial score (nSPS) is 9.70. The number of rotatable bonds is 2. The summed E-state index contributed by atoms with van der Waals surface area (Å²) >= 11 is 4.70. The molecule has 10 heavy (non-hydrogen) atoms. The molecule has 0 amide bonds. The zero-order chi connectivity index (χ0) is 7.56. The third-order valence-electron chi connectivity index (χ3n) is 1.14. The highest BCUT2D eigenvalue weighted by Gasteiger charge is 1.99. The Morgan fingerprint density at radius 2 is 2.60 bits per heavy atom. The van der Waals surface area contributed by atoms with Crippen LogP contribution in [0.1, 0.15) is 5.82 Å². The van der Waals surface area contributed by atoms with Gasteiger partial charge in [-0.2, -0.15) is 5.10 Å². The van der Waals surface area contributed by atoms with Crippen LogP contribution in [-0.2, 0) is 13.5 Å². The first-order valence-corrected chi connectivity index (χ1v) is 3.22. The minimum absolute atomic E-state index is 0.441. The van der Waals surface area contributed by atoms with E-state index in [2.05, 4.69) is 10.1 Å². The van der Waals surface area contributed by atoms with Gasteiger partial charge in [0.25, 0.3) is 0 Å². The monoisotopic (exact) mass is 156 g/mol. The van der Waals surface area contributed by atoms with Gasteiger partial charge in [0, 0.05) is 7.05 Å². The number of nitrogens with two attached hydrogens (primary N) is 1. The summed E-state index contributed by atoms with van der Waals surface area (Å²) in [5.41, 5.74) is 5.30. The van der Waals surface area contributed by atoms with Crippen LogP contribution in [-0.4, -0.2) is 19.8 Å². The van der Waals surface area contributed by atoms with Crippen LogP contribution in [0.25, 0.3) is 0 Å². The van der Waals surface area contributed by atoms with Gasteiger partial charge in [0.2, 0.25) is 0 Å². The van der Waals surface area contributed by atoms with Gasteiger partial charge in [-0.3, -0.25) is 4.68 Å². The quantitative estimate of drug-likeness (QED) is 0.594. The van der Waals surface area contributed by atoms with Crippen LogP contribution in [0.4, 0.5) is 0 Å². The summed E-state index contributed by atoms with van der Waals surface area (Å²) in [6.07, 6.45) is 2.00. The molecule has 0 saturated carbocycles. The third kappa shape index (κ3) is 1.51. The van der Waals surface area contributed by atoms with Gasteiger partial charge in [0.1, 0.15) is 12.2 Å². The number of thiocarbonyl (C=S) groups is 1. The summed E-state index contributed by atoms with van der Waals surface area (Å²) in [5.74, 6) is 0.799. The van der Waals surface area contributed by atoms with Crippen molar-refractivity contribution < 1.29 is 0 Å². The zero-order valence-electron chi connectivity index (χ0n) is 5.61. The largest absolute Gasteiger partial charge is 0.393 e. The molecule has 0 saturated heterocycles. The van der Waals surface area contributed by atoms with Crippen molar-refractivity contribution in [2.45, 2.75) is 6.42 Å². The first kappa shape index (κ1) is 7.14. The predicted molar refractivity (Wildman–Crippen MR) is 41.5 cm³/mol. The van der Waals surface area contributed by atoms with E-state index in [0.29, 0.717) is 11.4 Å². The van der Waals surface area contributed by atoms with Crippen molar-refractivity contribution in [3.63, 3.8) is 0 Å². The van der Waals surface area contributed by atoms with E-state index in [4.69, 9.17) is 18.0 Å². The van der Waals surface area contributed by atoms with Crippen LogP contribution in [0.5, 0.6) is 0 Å². The number of hydrogen-bond donors (Lipinski definition) is 1. The Kier molecular flexibility index (Phi) is 1.96. The summed E-state index contributed by atoms with van der Waals surface area (Å²) in [4.78, 5) is 4.38. The maximum absolute atomic E-state index is 5.30. The molecule has 0 atom stereocenters. The highest BCUT2D eigenvalue weighted by Crippen LogP contribution is 1.91. The van der Waals surface area contributed by atoms with Crippen molar-refractivity contribution >= 4 is 17.2 Å². The molecule has 0 spiro atoms. The molecule has 1 heterocycles. The summed E-state index contributed by atoms with van der Waals surface area (Å²) in [6, 6.07) is 0. The number of hydrogen-bond acceptors (Lipinski definition) is 3. The summed E-state index contributed by atoms with van der Waals surface area (Å²) < 4.78 is 1.65. The molecule has 1 rings (SSSR count). The molecular weight excluding hydrogens is 148 g/mol. The fourth-order valence-corrected chi connectivity index (χ4v) is 0.765. The second-order valence-electron chi connectivity index (χ2n) is 1.94. The molecule has 0 aromatic carbocycles. The zero-order valence-corrected chi connectivity index (χ0v) is 6.43. The Bertz CT molecular complexity index is 242. The van der Waals surface area contributed by atoms with E-state index in [-0.39, 0.29) is 0 Å². The Labute approximate surface area is 64.1 Å². The summed E-state index contributed by atoms with van der Waals surface area (Å²) in [7, 11) is 1.81. The Morgan fingerprint density at radius 3 is 3.00 bits per heavy atom. The molecule has 0 radical (unpaired) electrons. The fraction of sp³-hybridized carbons (Fsp3) is 0.400. The van der Waals surface area contributed by atoms with E-state index in [9.17, 15) is 0 Å². The van der Waals surface area contributed by atoms with Crippen LogP contribution in [0.2, 0.25) is 0 Å². The Hall–Kier alpha value is -0.970. The molecule has 4 nitrogen and oxygen atoms in total. The maximum Gasteiger partial charge on any atom is 0.138 e. The third-order valence-corrected chi connectivity index (χ3v) is 1.28. The summed E-state index contributed by atoms with van der Waals surface area (Å²) in [5, 5.41) is 3.86. The molecule has 0 aliphatic heterocycles. The average molecular weight is 156 g/mol.